The van der Waals surface area contributed by atoms with Gasteiger partial charge in [0, 0.05) is 18.0 Å². The maximum atomic E-state index is 9.17. The molecule has 0 aliphatic rings. The minimum atomic E-state index is 0.0280. The fourth-order valence-electron chi connectivity index (χ4n) is 2.30. The summed E-state index contributed by atoms with van der Waals surface area (Å²) in [5, 5.41) is 9.17. The van der Waals surface area contributed by atoms with Crippen LogP contribution in [0.4, 0.5) is 0 Å². The van der Waals surface area contributed by atoms with E-state index in [0.717, 1.165) is 33.8 Å². The van der Waals surface area contributed by atoms with E-state index in [1.807, 2.05) is 54.0 Å². The number of aliphatic hydroxyl groups is 1. The Hall–Kier alpha value is -2.33. The minimum Gasteiger partial charge on any atom is -0.497 e. The number of methoxy groups -OCH3 is 1. The van der Waals surface area contributed by atoms with Gasteiger partial charge in [-0.3, -0.25) is 0 Å². The lowest BCUT2D eigenvalue weighted by Gasteiger charge is -2.05. The Bertz CT molecular complexity index is 762. The highest BCUT2D eigenvalue weighted by molar-refractivity contribution is 5.67. The lowest BCUT2D eigenvalue weighted by molar-refractivity contribution is 0.282. The molecule has 1 N–H and O–H groups in total. The van der Waals surface area contributed by atoms with Crippen molar-refractivity contribution in [3.8, 4) is 17.0 Å². The molecule has 0 amide bonds. The molecule has 102 valence electrons. The number of aliphatic hydroxyl groups excluding tert-OH is 1. The number of hydrogen-bond acceptors (Lipinski definition) is 3. The molecular weight excluding hydrogens is 252 g/mol. The molecule has 4 heteroatoms. The molecule has 0 unspecified atom stereocenters. The summed E-state index contributed by atoms with van der Waals surface area (Å²) in [7, 11) is 1.66. The quantitative estimate of drug-likeness (QED) is 0.794. The molecular formula is C16H16N2O2. The van der Waals surface area contributed by atoms with Crippen molar-refractivity contribution in [3.63, 3.8) is 0 Å². The van der Waals surface area contributed by atoms with Gasteiger partial charge in [-0.1, -0.05) is 0 Å². The van der Waals surface area contributed by atoms with E-state index in [-0.39, 0.29) is 6.61 Å². The van der Waals surface area contributed by atoms with E-state index in [4.69, 9.17) is 4.74 Å². The van der Waals surface area contributed by atoms with E-state index < -0.39 is 0 Å². The van der Waals surface area contributed by atoms with Gasteiger partial charge in [-0.2, -0.15) is 0 Å². The molecule has 0 saturated heterocycles. The lowest BCUT2D eigenvalue weighted by atomic mass is 10.1. The van der Waals surface area contributed by atoms with Crippen LogP contribution < -0.4 is 4.74 Å². The van der Waals surface area contributed by atoms with Crippen LogP contribution in [-0.4, -0.2) is 21.6 Å². The Kier molecular flexibility index (Phi) is 3.16. The fraction of sp³-hybridized carbons (Fsp3) is 0.188. The molecule has 2 heterocycles. The summed E-state index contributed by atoms with van der Waals surface area (Å²) in [5.41, 5.74) is 4.82. The topological polar surface area (TPSA) is 46.8 Å². The van der Waals surface area contributed by atoms with Gasteiger partial charge in [-0.15, -0.1) is 0 Å². The molecule has 2 aromatic heterocycles. The Morgan fingerprint density at radius 3 is 2.80 bits per heavy atom. The summed E-state index contributed by atoms with van der Waals surface area (Å²) in [6.07, 6.45) is 3.90. The van der Waals surface area contributed by atoms with E-state index >= 15 is 0 Å². The second-order valence-corrected chi connectivity index (χ2v) is 4.77. The number of benzene rings is 1. The number of ether oxygens (including phenoxy) is 1. The molecule has 0 saturated carbocycles. The summed E-state index contributed by atoms with van der Waals surface area (Å²) in [4.78, 5) is 4.62. The van der Waals surface area contributed by atoms with Crippen molar-refractivity contribution in [1.29, 1.82) is 0 Å². The molecule has 0 spiro atoms. The van der Waals surface area contributed by atoms with Gasteiger partial charge in [0.15, 0.2) is 0 Å². The van der Waals surface area contributed by atoms with Crippen molar-refractivity contribution < 1.29 is 9.84 Å². The number of rotatable bonds is 3. The first kappa shape index (κ1) is 12.7. The zero-order chi connectivity index (χ0) is 14.1. The summed E-state index contributed by atoms with van der Waals surface area (Å²) in [5.74, 6) is 0.845. The van der Waals surface area contributed by atoms with Crippen molar-refractivity contribution in [1.82, 2.24) is 9.38 Å². The Labute approximate surface area is 117 Å². The van der Waals surface area contributed by atoms with Crippen LogP contribution in [0.2, 0.25) is 0 Å². The van der Waals surface area contributed by atoms with E-state index in [1.54, 1.807) is 7.11 Å². The molecule has 4 nitrogen and oxygen atoms in total. The van der Waals surface area contributed by atoms with Gasteiger partial charge >= 0.3 is 0 Å². The predicted molar refractivity (Wildman–Crippen MR) is 77.8 cm³/mol. The van der Waals surface area contributed by atoms with Gasteiger partial charge < -0.3 is 14.2 Å². The van der Waals surface area contributed by atoms with Crippen LogP contribution in [0.1, 0.15) is 11.1 Å². The molecule has 0 aliphatic heterocycles. The second-order valence-electron chi connectivity index (χ2n) is 4.77. The van der Waals surface area contributed by atoms with Crippen LogP contribution in [0.25, 0.3) is 16.9 Å². The van der Waals surface area contributed by atoms with Crippen LogP contribution in [-0.2, 0) is 6.61 Å². The minimum absolute atomic E-state index is 0.0280. The highest BCUT2D eigenvalue weighted by atomic mass is 16.5. The van der Waals surface area contributed by atoms with Crippen LogP contribution in [0.15, 0.2) is 42.7 Å². The zero-order valence-corrected chi connectivity index (χ0v) is 11.5. The van der Waals surface area contributed by atoms with Gasteiger partial charge in [0.1, 0.15) is 11.4 Å². The molecule has 3 rings (SSSR count). The van der Waals surface area contributed by atoms with Crippen molar-refractivity contribution in [2.24, 2.45) is 0 Å². The molecule has 0 radical (unpaired) electrons. The van der Waals surface area contributed by atoms with E-state index in [9.17, 15) is 5.11 Å². The first-order valence-electron chi connectivity index (χ1n) is 6.45. The van der Waals surface area contributed by atoms with Gasteiger partial charge in [-0.25, -0.2) is 4.98 Å². The third-order valence-electron chi connectivity index (χ3n) is 3.42. The van der Waals surface area contributed by atoms with Crippen LogP contribution in [0.5, 0.6) is 5.75 Å². The van der Waals surface area contributed by atoms with E-state index in [2.05, 4.69) is 4.98 Å². The Morgan fingerprint density at radius 1 is 1.25 bits per heavy atom. The lowest BCUT2D eigenvalue weighted by Crippen LogP contribution is -1.87. The summed E-state index contributed by atoms with van der Waals surface area (Å²) >= 11 is 0. The third-order valence-corrected chi connectivity index (χ3v) is 3.42. The molecule has 0 atom stereocenters. The average molecular weight is 268 g/mol. The molecule has 0 aliphatic carbocycles. The zero-order valence-electron chi connectivity index (χ0n) is 11.5. The average Bonchev–Trinajstić information content (AvgIpc) is 2.89. The van der Waals surface area contributed by atoms with Gasteiger partial charge in [0.25, 0.3) is 0 Å². The SMILES string of the molecule is COc1ccc(-c2cn3ccc(CO)cc3n2)c(C)c1. The highest BCUT2D eigenvalue weighted by Gasteiger charge is 2.08. The maximum absolute atomic E-state index is 9.17. The van der Waals surface area contributed by atoms with Crippen LogP contribution in [0, 0.1) is 6.92 Å². The number of fused-ring (bicyclic) bond motifs is 1. The summed E-state index contributed by atoms with van der Waals surface area (Å²) in [6.45, 7) is 2.07. The number of nitrogens with zero attached hydrogens (tertiary/aromatic N) is 2. The van der Waals surface area contributed by atoms with Crippen molar-refractivity contribution in [2.75, 3.05) is 7.11 Å². The van der Waals surface area contributed by atoms with Crippen LogP contribution >= 0.6 is 0 Å². The normalized spacial score (nSPS) is 10.9. The van der Waals surface area contributed by atoms with Gasteiger partial charge in [-0.05, 0) is 48.4 Å². The van der Waals surface area contributed by atoms with Crippen molar-refractivity contribution in [3.05, 3.63) is 53.9 Å². The van der Waals surface area contributed by atoms with Crippen molar-refractivity contribution in [2.45, 2.75) is 13.5 Å². The Morgan fingerprint density at radius 2 is 2.10 bits per heavy atom. The van der Waals surface area contributed by atoms with Crippen LogP contribution in [0.3, 0.4) is 0 Å². The predicted octanol–water partition coefficient (Wildman–Crippen LogP) is 2.81. The van der Waals surface area contributed by atoms with E-state index in [1.165, 1.54) is 0 Å². The standard InChI is InChI=1S/C16H16N2O2/c1-11-7-13(20-2)3-4-14(11)15-9-18-6-5-12(10-19)8-16(18)17-15/h3-9,19H,10H2,1-2H3. The monoisotopic (exact) mass is 268 g/mol. The third kappa shape index (κ3) is 2.14. The molecule has 0 fully saturated rings. The van der Waals surface area contributed by atoms with Crippen molar-refractivity contribution >= 4 is 5.65 Å². The number of aromatic nitrogens is 2. The maximum Gasteiger partial charge on any atom is 0.137 e. The molecule has 20 heavy (non-hydrogen) atoms. The first-order chi connectivity index (χ1) is 9.71. The number of hydrogen-bond donors (Lipinski definition) is 1. The first-order valence-corrected chi connectivity index (χ1v) is 6.45. The summed E-state index contributed by atoms with van der Waals surface area (Å²) in [6, 6.07) is 9.73. The Balaban J connectivity index is 2.10. The smallest absolute Gasteiger partial charge is 0.137 e. The number of imidazole rings is 1. The van der Waals surface area contributed by atoms with Gasteiger partial charge in [0.2, 0.25) is 0 Å². The largest absolute Gasteiger partial charge is 0.497 e. The second kappa shape index (κ2) is 4.98. The number of aryl methyl sites for hydroxylation is 1. The van der Waals surface area contributed by atoms with Gasteiger partial charge in [0.05, 0.1) is 19.4 Å². The molecule has 3 aromatic rings. The highest BCUT2D eigenvalue weighted by Crippen LogP contribution is 2.26. The number of pyridine rings is 1. The molecule has 0 bridgehead atoms. The fourth-order valence-corrected chi connectivity index (χ4v) is 2.30. The van der Waals surface area contributed by atoms with E-state index in [0.29, 0.717) is 0 Å². The summed E-state index contributed by atoms with van der Waals surface area (Å²) < 4.78 is 7.18. The molecule has 1 aromatic carbocycles.